The highest BCUT2D eigenvalue weighted by atomic mass is 16.5. The SMILES string of the molecule is CCCCOCCCN/C=C(/C#N)C(=O)N(C)C1CCCCC1. The van der Waals surface area contributed by atoms with Crippen LogP contribution in [0, 0.1) is 11.3 Å². The van der Waals surface area contributed by atoms with Crippen LogP contribution in [0.25, 0.3) is 0 Å². The van der Waals surface area contributed by atoms with Crippen molar-refractivity contribution < 1.29 is 9.53 Å². The summed E-state index contributed by atoms with van der Waals surface area (Å²) in [4.78, 5) is 14.1. The molecule has 0 aromatic carbocycles. The van der Waals surface area contributed by atoms with Gasteiger partial charge in [-0.05, 0) is 25.7 Å². The Morgan fingerprint density at radius 2 is 2.00 bits per heavy atom. The summed E-state index contributed by atoms with van der Waals surface area (Å²) in [6, 6.07) is 2.29. The van der Waals surface area contributed by atoms with Crippen molar-refractivity contribution in [1.82, 2.24) is 10.2 Å². The zero-order chi connectivity index (χ0) is 16.9. The van der Waals surface area contributed by atoms with E-state index in [9.17, 15) is 10.1 Å². The number of nitriles is 1. The van der Waals surface area contributed by atoms with E-state index in [1.54, 1.807) is 11.1 Å². The zero-order valence-electron chi connectivity index (χ0n) is 14.6. The van der Waals surface area contributed by atoms with Gasteiger partial charge in [0.25, 0.3) is 5.91 Å². The standard InChI is InChI=1S/C18H31N3O2/c1-3-4-12-23-13-8-11-20-15-16(14-19)18(22)21(2)17-9-6-5-7-10-17/h15,17,20H,3-13H2,1-2H3/b16-15-. The third-order valence-electron chi connectivity index (χ3n) is 4.29. The third-order valence-corrected chi connectivity index (χ3v) is 4.29. The number of hydrogen-bond acceptors (Lipinski definition) is 4. The molecule has 0 aliphatic heterocycles. The predicted octanol–water partition coefficient (Wildman–Crippen LogP) is 2.98. The Morgan fingerprint density at radius 1 is 1.30 bits per heavy atom. The molecule has 1 amide bonds. The molecule has 0 atom stereocenters. The Kier molecular flexibility index (Phi) is 10.1. The first kappa shape index (κ1) is 19.5. The van der Waals surface area contributed by atoms with Gasteiger partial charge in [-0.1, -0.05) is 32.6 Å². The van der Waals surface area contributed by atoms with E-state index in [0.717, 1.165) is 38.7 Å². The van der Waals surface area contributed by atoms with Crippen molar-refractivity contribution in [1.29, 1.82) is 5.26 Å². The summed E-state index contributed by atoms with van der Waals surface area (Å²) in [5, 5.41) is 12.3. The van der Waals surface area contributed by atoms with E-state index >= 15 is 0 Å². The smallest absolute Gasteiger partial charge is 0.265 e. The number of nitrogens with zero attached hydrogens (tertiary/aromatic N) is 2. The van der Waals surface area contributed by atoms with Gasteiger partial charge in [-0.2, -0.15) is 5.26 Å². The number of rotatable bonds is 10. The molecule has 0 heterocycles. The maximum Gasteiger partial charge on any atom is 0.265 e. The highest BCUT2D eigenvalue weighted by Crippen LogP contribution is 2.22. The van der Waals surface area contributed by atoms with Gasteiger partial charge in [-0.3, -0.25) is 4.79 Å². The molecule has 1 rings (SSSR count). The summed E-state index contributed by atoms with van der Waals surface area (Å²) in [7, 11) is 1.81. The van der Waals surface area contributed by atoms with Crippen LogP contribution in [-0.4, -0.2) is 43.7 Å². The molecule has 0 unspecified atom stereocenters. The number of ether oxygens (including phenoxy) is 1. The van der Waals surface area contributed by atoms with Gasteiger partial charge in [-0.15, -0.1) is 0 Å². The molecule has 1 N–H and O–H groups in total. The summed E-state index contributed by atoms with van der Waals surface area (Å²) in [5.74, 6) is -0.175. The summed E-state index contributed by atoms with van der Waals surface area (Å²) in [5.41, 5.74) is 0.185. The molecule has 1 saturated carbocycles. The highest BCUT2D eigenvalue weighted by molar-refractivity contribution is 5.97. The summed E-state index contributed by atoms with van der Waals surface area (Å²) < 4.78 is 5.47. The third kappa shape index (κ3) is 7.51. The van der Waals surface area contributed by atoms with Crippen molar-refractivity contribution >= 4 is 5.91 Å². The number of likely N-dealkylation sites (N-methyl/N-ethyl adjacent to an activating group) is 1. The lowest BCUT2D eigenvalue weighted by atomic mass is 9.94. The highest BCUT2D eigenvalue weighted by Gasteiger charge is 2.24. The minimum atomic E-state index is -0.175. The maximum atomic E-state index is 12.4. The number of carbonyl (C=O) groups is 1. The molecular formula is C18H31N3O2. The van der Waals surface area contributed by atoms with Gasteiger partial charge in [0, 0.05) is 39.0 Å². The Morgan fingerprint density at radius 3 is 2.65 bits per heavy atom. The van der Waals surface area contributed by atoms with Crippen LogP contribution in [-0.2, 0) is 9.53 Å². The molecule has 5 nitrogen and oxygen atoms in total. The van der Waals surface area contributed by atoms with Crippen LogP contribution in [0.15, 0.2) is 11.8 Å². The number of amides is 1. The van der Waals surface area contributed by atoms with Gasteiger partial charge < -0.3 is 15.0 Å². The van der Waals surface area contributed by atoms with Crippen LogP contribution in [0.4, 0.5) is 0 Å². The Bertz CT molecular complexity index is 409. The lowest BCUT2D eigenvalue weighted by Crippen LogP contribution is -2.39. The number of unbranched alkanes of at least 4 members (excludes halogenated alkanes) is 1. The fourth-order valence-corrected chi connectivity index (χ4v) is 2.76. The maximum absolute atomic E-state index is 12.4. The molecule has 0 aromatic rings. The topological polar surface area (TPSA) is 65.4 Å². The molecule has 0 radical (unpaired) electrons. The number of hydrogen-bond donors (Lipinski definition) is 1. The molecule has 0 spiro atoms. The van der Waals surface area contributed by atoms with Crippen molar-refractivity contribution in [3.05, 3.63) is 11.8 Å². The van der Waals surface area contributed by atoms with Crippen molar-refractivity contribution in [2.45, 2.75) is 64.3 Å². The van der Waals surface area contributed by atoms with E-state index in [1.807, 2.05) is 13.1 Å². The quantitative estimate of drug-likeness (QED) is 0.382. The molecule has 1 aliphatic carbocycles. The fraction of sp³-hybridized carbons (Fsp3) is 0.778. The molecule has 0 bridgehead atoms. The van der Waals surface area contributed by atoms with E-state index in [2.05, 4.69) is 12.2 Å². The second-order valence-corrected chi connectivity index (χ2v) is 6.15. The predicted molar refractivity (Wildman–Crippen MR) is 91.7 cm³/mol. The summed E-state index contributed by atoms with van der Waals surface area (Å²) in [6.45, 7) is 4.36. The zero-order valence-corrected chi connectivity index (χ0v) is 14.6. The van der Waals surface area contributed by atoms with Crippen molar-refractivity contribution in [3.63, 3.8) is 0 Å². The Balaban J connectivity index is 2.30. The van der Waals surface area contributed by atoms with Gasteiger partial charge in [0.05, 0.1) is 0 Å². The van der Waals surface area contributed by atoms with Gasteiger partial charge in [-0.25, -0.2) is 0 Å². The average molecular weight is 321 g/mol. The monoisotopic (exact) mass is 321 g/mol. The van der Waals surface area contributed by atoms with Gasteiger partial charge in [0.1, 0.15) is 11.6 Å². The normalized spacial score (nSPS) is 16.0. The summed E-state index contributed by atoms with van der Waals surface area (Å²) in [6.07, 6.45) is 10.3. The molecule has 0 saturated heterocycles. The van der Waals surface area contributed by atoms with E-state index < -0.39 is 0 Å². The summed E-state index contributed by atoms with van der Waals surface area (Å²) >= 11 is 0. The van der Waals surface area contributed by atoms with Gasteiger partial charge in [0.2, 0.25) is 0 Å². The van der Waals surface area contributed by atoms with Crippen LogP contribution in [0.3, 0.4) is 0 Å². The number of carbonyl (C=O) groups excluding carboxylic acids is 1. The molecule has 1 fully saturated rings. The fourth-order valence-electron chi connectivity index (χ4n) is 2.76. The molecule has 1 aliphatic rings. The van der Waals surface area contributed by atoms with Crippen LogP contribution in [0.2, 0.25) is 0 Å². The molecule has 23 heavy (non-hydrogen) atoms. The first-order chi connectivity index (χ1) is 11.2. The lowest BCUT2D eigenvalue weighted by Gasteiger charge is -2.31. The van der Waals surface area contributed by atoms with E-state index in [0.29, 0.717) is 13.2 Å². The second-order valence-electron chi connectivity index (χ2n) is 6.15. The molecule has 130 valence electrons. The lowest BCUT2D eigenvalue weighted by molar-refractivity contribution is -0.128. The first-order valence-electron chi connectivity index (χ1n) is 8.89. The van der Waals surface area contributed by atoms with E-state index in [4.69, 9.17) is 4.74 Å². The second kappa shape index (κ2) is 12.0. The molecular weight excluding hydrogens is 290 g/mol. The minimum Gasteiger partial charge on any atom is -0.390 e. The van der Waals surface area contributed by atoms with Crippen LogP contribution in [0.5, 0.6) is 0 Å². The number of nitrogens with one attached hydrogen (secondary N) is 1. The molecule has 0 aromatic heterocycles. The van der Waals surface area contributed by atoms with Crippen LogP contribution < -0.4 is 5.32 Å². The van der Waals surface area contributed by atoms with Crippen LogP contribution in [0.1, 0.15) is 58.3 Å². The van der Waals surface area contributed by atoms with Crippen molar-refractivity contribution in [2.75, 3.05) is 26.8 Å². The Hall–Kier alpha value is -1.54. The largest absolute Gasteiger partial charge is 0.390 e. The van der Waals surface area contributed by atoms with Gasteiger partial charge in [0.15, 0.2) is 0 Å². The van der Waals surface area contributed by atoms with E-state index in [-0.39, 0.29) is 17.5 Å². The molecule has 5 heteroatoms. The van der Waals surface area contributed by atoms with E-state index in [1.165, 1.54) is 19.3 Å². The van der Waals surface area contributed by atoms with Crippen LogP contribution >= 0.6 is 0 Å². The first-order valence-corrected chi connectivity index (χ1v) is 8.89. The van der Waals surface area contributed by atoms with Crippen molar-refractivity contribution in [2.24, 2.45) is 0 Å². The minimum absolute atomic E-state index is 0.175. The Labute approximate surface area is 140 Å². The van der Waals surface area contributed by atoms with Gasteiger partial charge >= 0.3 is 0 Å². The van der Waals surface area contributed by atoms with Crippen molar-refractivity contribution in [3.8, 4) is 6.07 Å². The average Bonchev–Trinajstić information content (AvgIpc) is 2.60.